The highest BCUT2D eigenvalue weighted by molar-refractivity contribution is 5.78. The van der Waals surface area contributed by atoms with Gasteiger partial charge in [-0.05, 0) is 73.9 Å². The number of aromatic nitrogens is 5. The number of carbonyl (C=O) groups excluding carboxylic acids is 1. The molecular formula is C32H38N6O. The third kappa shape index (κ3) is 6.24. The number of aryl methyl sites for hydroxylation is 1. The predicted octanol–water partition coefficient (Wildman–Crippen LogP) is 6.23. The maximum Gasteiger partial charge on any atom is 0.133 e. The van der Waals surface area contributed by atoms with Crippen LogP contribution >= 0.6 is 0 Å². The summed E-state index contributed by atoms with van der Waals surface area (Å²) < 4.78 is 1.94. The molecule has 0 bridgehead atoms. The summed E-state index contributed by atoms with van der Waals surface area (Å²) in [5.41, 5.74) is 6.22. The Hall–Kier alpha value is -3.87. The molecule has 0 aliphatic carbocycles. The molecule has 39 heavy (non-hydrogen) atoms. The lowest BCUT2D eigenvalue weighted by molar-refractivity contribution is -0.119. The number of hydrogen-bond donors (Lipinski definition) is 0. The summed E-state index contributed by atoms with van der Waals surface area (Å²) in [6.45, 7) is 11.1. The Morgan fingerprint density at radius 2 is 1.82 bits per heavy atom. The molecule has 5 rings (SSSR count). The fourth-order valence-electron chi connectivity index (χ4n) is 5.83. The summed E-state index contributed by atoms with van der Waals surface area (Å²) in [6.07, 6.45) is 11.1. The van der Waals surface area contributed by atoms with Gasteiger partial charge in [0.05, 0.1) is 5.69 Å². The summed E-state index contributed by atoms with van der Waals surface area (Å²) in [5, 5.41) is 4.77. The van der Waals surface area contributed by atoms with Crippen LogP contribution in [0.15, 0.2) is 67.3 Å². The van der Waals surface area contributed by atoms with E-state index >= 15 is 0 Å². The lowest BCUT2D eigenvalue weighted by atomic mass is 9.71. The number of rotatable bonds is 9. The van der Waals surface area contributed by atoms with Crippen LogP contribution in [0.2, 0.25) is 0 Å². The average molecular weight is 523 g/mol. The van der Waals surface area contributed by atoms with E-state index in [0.717, 1.165) is 60.8 Å². The number of piperidine rings is 1. The van der Waals surface area contributed by atoms with Crippen molar-refractivity contribution in [3.63, 3.8) is 0 Å². The van der Waals surface area contributed by atoms with Crippen LogP contribution in [0, 0.1) is 11.3 Å². The zero-order valence-electron chi connectivity index (χ0n) is 23.5. The number of pyridine rings is 1. The highest BCUT2D eigenvalue weighted by Gasteiger charge is 2.33. The molecule has 1 aromatic carbocycles. The number of anilines is 1. The first kappa shape index (κ1) is 26.7. The molecule has 4 aromatic rings. The van der Waals surface area contributed by atoms with Gasteiger partial charge < -0.3 is 9.69 Å². The zero-order chi connectivity index (χ0) is 27.4. The summed E-state index contributed by atoms with van der Waals surface area (Å²) in [6, 6.07) is 14.7. The van der Waals surface area contributed by atoms with Crippen LogP contribution < -0.4 is 4.90 Å². The van der Waals surface area contributed by atoms with Crippen LogP contribution in [0.1, 0.15) is 58.3 Å². The maximum absolute atomic E-state index is 11.7. The minimum atomic E-state index is 0.0737. The minimum Gasteiger partial charge on any atom is -0.372 e. The van der Waals surface area contributed by atoms with E-state index in [1.165, 1.54) is 11.3 Å². The van der Waals surface area contributed by atoms with Gasteiger partial charge in [-0.25, -0.2) is 9.97 Å². The van der Waals surface area contributed by atoms with Gasteiger partial charge in [0.25, 0.3) is 0 Å². The molecule has 0 atom stereocenters. The van der Waals surface area contributed by atoms with E-state index < -0.39 is 0 Å². The fourth-order valence-corrected chi connectivity index (χ4v) is 5.83. The maximum atomic E-state index is 11.7. The Labute approximate surface area is 231 Å². The van der Waals surface area contributed by atoms with Gasteiger partial charge in [0.15, 0.2) is 0 Å². The van der Waals surface area contributed by atoms with Gasteiger partial charge in [-0.1, -0.05) is 26.0 Å². The van der Waals surface area contributed by atoms with Crippen LogP contribution in [0.5, 0.6) is 0 Å². The van der Waals surface area contributed by atoms with Crippen molar-refractivity contribution in [2.24, 2.45) is 11.3 Å². The van der Waals surface area contributed by atoms with Crippen molar-refractivity contribution in [3.8, 4) is 22.5 Å². The van der Waals surface area contributed by atoms with E-state index in [9.17, 15) is 4.79 Å². The normalized spacial score (nSPS) is 14.5. The second-order valence-electron chi connectivity index (χ2n) is 11.3. The first-order valence-corrected chi connectivity index (χ1v) is 14.0. The minimum absolute atomic E-state index is 0.0737. The molecule has 0 saturated carbocycles. The SMILES string of the molecule is CCn1cc(-c2ccnc(Cc3ccc(N4CCC(C(C)(C)CC(C)=O)CC4)cc3)n2)c(-c2cccnc2)n1. The standard InChI is InChI=1S/C32H38N6O/c1-5-38-22-28(31(36-38)25-7-6-15-33-21-25)29-12-16-34-30(35-29)19-24-8-10-27(11-9-24)37-17-13-26(14-18-37)32(3,4)20-23(2)39/h6-12,15-16,21-22,26H,5,13-14,17-20H2,1-4H3. The van der Waals surface area contributed by atoms with Crippen molar-refractivity contribution in [2.75, 3.05) is 18.0 Å². The highest BCUT2D eigenvalue weighted by Crippen LogP contribution is 2.39. The number of Topliss-reactive ketones (excluding diaryl/α,β-unsaturated/α-hetero) is 1. The van der Waals surface area contributed by atoms with E-state index in [1.54, 1.807) is 13.1 Å². The smallest absolute Gasteiger partial charge is 0.133 e. The van der Waals surface area contributed by atoms with Crippen LogP contribution in [-0.4, -0.2) is 43.6 Å². The number of hydrogen-bond acceptors (Lipinski definition) is 6. The lowest BCUT2D eigenvalue weighted by Crippen LogP contribution is -2.39. The molecular weight excluding hydrogens is 484 g/mol. The second-order valence-corrected chi connectivity index (χ2v) is 11.3. The van der Waals surface area contributed by atoms with E-state index in [2.05, 4.69) is 59.9 Å². The Bertz CT molecular complexity index is 1400. The Morgan fingerprint density at radius 3 is 2.49 bits per heavy atom. The van der Waals surface area contributed by atoms with E-state index in [-0.39, 0.29) is 11.2 Å². The molecule has 0 spiro atoms. The first-order chi connectivity index (χ1) is 18.8. The molecule has 202 valence electrons. The Kier molecular flexibility index (Phi) is 7.87. The molecule has 0 radical (unpaired) electrons. The predicted molar refractivity (Wildman–Crippen MR) is 155 cm³/mol. The number of benzene rings is 1. The largest absolute Gasteiger partial charge is 0.372 e. The highest BCUT2D eigenvalue weighted by atomic mass is 16.1. The lowest BCUT2D eigenvalue weighted by Gasteiger charge is -2.41. The summed E-state index contributed by atoms with van der Waals surface area (Å²) in [5.74, 6) is 1.66. The molecule has 1 fully saturated rings. The topological polar surface area (TPSA) is 76.8 Å². The number of carbonyl (C=O) groups is 1. The molecule has 4 heterocycles. The molecule has 7 heteroatoms. The molecule has 7 nitrogen and oxygen atoms in total. The van der Waals surface area contributed by atoms with Crippen molar-refractivity contribution in [1.29, 1.82) is 0 Å². The van der Waals surface area contributed by atoms with Crippen molar-refractivity contribution in [3.05, 3.63) is 78.6 Å². The van der Waals surface area contributed by atoms with E-state index in [0.29, 0.717) is 18.8 Å². The molecule has 0 N–H and O–H groups in total. The average Bonchev–Trinajstić information content (AvgIpc) is 3.38. The molecule has 3 aromatic heterocycles. The second kappa shape index (κ2) is 11.5. The van der Waals surface area contributed by atoms with Gasteiger partial charge in [0, 0.05) is 74.1 Å². The van der Waals surface area contributed by atoms with Gasteiger partial charge >= 0.3 is 0 Å². The van der Waals surface area contributed by atoms with Crippen LogP contribution in [-0.2, 0) is 17.8 Å². The molecule has 0 amide bonds. The zero-order valence-corrected chi connectivity index (χ0v) is 23.5. The van der Waals surface area contributed by atoms with Gasteiger partial charge in [-0.3, -0.25) is 9.67 Å². The van der Waals surface area contributed by atoms with Gasteiger partial charge in [0.2, 0.25) is 0 Å². The Balaban J connectivity index is 1.27. The first-order valence-electron chi connectivity index (χ1n) is 14.0. The van der Waals surface area contributed by atoms with E-state index in [4.69, 9.17) is 10.1 Å². The number of nitrogens with zero attached hydrogens (tertiary/aromatic N) is 6. The van der Waals surface area contributed by atoms with Crippen molar-refractivity contribution in [1.82, 2.24) is 24.7 Å². The number of ketones is 1. The molecule has 0 unspecified atom stereocenters. The van der Waals surface area contributed by atoms with E-state index in [1.807, 2.05) is 41.5 Å². The summed E-state index contributed by atoms with van der Waals surface area (Å²) in [4.78, 5) is 27.9. The van der Waals surface area contributed by atoms with Gasteiger partial charge in [-0.15, -0.1) is 0 Å². The summed E-state index contributed by atoms with van der Waals surface area (Å²) in [7, 11) is 0. The monoisotopic (exact) mass is 522 g/mol. The molecule has 1 aliphatic heterocycles. The molecule has 1 aliphatic rings. The van der Waals surface area contributed by atoms with Gasteiger partial charge in [0.1, 0.15) is 17.3 Å². The molecule has 1 saturated heterocycles. The van der Waals surface area contributed by atoms with Crippen molar-refractivity contribution >= 4 is 11.5 Å². The Morgan fingerprint density at radius 1 is 1.05 bits per heavy atom. The van der Waals surface area contributed by atoms with Crippen LogP contribution in [0.4, 0.5) is 5.69 Å². The van der Waals surface area contributed by atoms with Crippen molar-refractivity contribution < 1.29 is 4.79 Å². The van der Waals surface area contributed by atoms with Crippen LogP contribution in [0.25, 0.3) is 22.5 Å². The van der Waals surface area contributed by atoms with Gasteiger partial charge in [-0.2, -0.15) is 5.10 Å². The van der Waals surface area contributed by atoms with Crippen LogP contribution in [0.3, 0.4) is 0 Å². The summed E-state index contributed by atoms with van der Waals surface area (Å²) >= 11 is 0. The fraction of sp³-hybridized carbons (Fsp3) is 0.406. The van der Waals surface area contributed by atoms with Crippen molar-refractivity contribution in [2.45, 2.75) is 59.9 Å². The third-order valence-electron chi connectivity index (χ3n) is 7.97. The third-order valence-corrected chi connectivity index (χ3v) is 7.97. The quantitative estimate of drug-likeness (QED) is 0.259.